The molecule has 0 fully saturated rings. The fourth-order valence-corrected chi connectivity index (χ4v) is 1.25. The van der Waals surface area contributed by atoms with Gasteiger partial charge in [0.2, 0.25) is 0 Å². The summed E-state index contributed by atoms with van der Waals surface area (Å²) in [6.07, 6.45) is 1.66. The van der Waals surface area contributed by atoms with E-state index in [-0.39, 0.29) is 12.8 Å². The summed E-state index contributed by atoms with van der Waals surface area (Å²) < 4.78 is 32.2. The minimum absolute atomic E-state index is 0.156. The fourth-order valence-electron chi connectivity index (χ4n) is 0.935. The van der Waals surface area contributed by atoms with Gasteiger partial charge in [0.25, 0.3) is 0 Å². The monoisotopic (exact) mass is 231 g/mol. The van der Waals surface area contributed by atoms with Crippen LogP contribution in [-0.2, 0) is 25.8 Å². The lowest BCUT2D eigenvalue weighted by atomic mass is 10.2. The Morgan fingerprint density at radius 3 is 2.73 bits per heavy atom. The van der Waals surface area contributed by atoms with Gasteiger partial charge in [0.05, 0.1) is 6.42 Å². The summed E-state index contributed by atoms with van der Waals surface area (Å²) in [5.74, 6) is -1.01. The average molecular weight is 231 g/mol. The maximum absolute atomic E-state index is 10.8. The van der Waals surface area contributed by atoms with Crippen LogP contribution >= 0.6 is 0 Å². The predicted molar refractivity (Wildman–Crippen MR) is 50.2 cm³/mol. The second-order valence-electron chi connectivity index (χ2n) is 2.70. The van der Waals surface area contributed by atoms with Crippen molar-refractivity contribution in [3.63, 3.8) is 0 Å². The highest BCUT2D eigenvalue weighted by Crippen LogP contribution is 2.01. The molecule has 6 nitrogen and oxygen atoms in total. The van der Waals surface area contributed by atoms with Crippen LogP contribution in [0.15, 0.2) is 24.4 Å². The summed E-state index contributed by atoms with van der Waals surface area (Å²) in [5, 5.41) is 0. The van der Waals surface area contributed by atoms with Gasteiger partial charge in [0.15, 0.2) is 0 Å². The third-order valence-electron chi connectivity index (χ3n) is 1.51. The second kappa shape index (κ2) is 4.85. The molecule has 1 rings (SSSR count). The number of carbonyl (C=O) groups excluding carboxylic acids is 1. The molecule has 0 aliphatic carbocycles. The largest absolute Gasteiger partial charge is 0.448 e. The highest BCUT2D eigenvalue weighted by atomic mass is 32.3. The number of pyridine rings is 1. The second-order valence-corrected chi connectivity index (χ2v) is 3.73. The van der Waals surface area contributed by atoms with Crippen LogP contribution in [-0.4, -0.2) is 23.9 Å². The van der Waals surface area contributed by atoms with E-state index in [1.54, 1.807) is 24.4 Å². The molecule has 0 spiro atoms. The molecule has 7 heteroatoms. The number of carbonyl (C=O) groups is 1. The molecule has 15 heavy (non-hydrogen) atoms. The number of hydrogen-bond acceptors (Lipinski definition) is 5. The normalized spacial score (nSPS) is 11.0. The minimum atomic E-state index is -4.70. The van der Waals surface area contributed by atoms with Gasteiger partial charge in [-0.3, -0.25) is 14.3 Å². The van der Waals surface area contributed by atoms with E-state index in [2.05, 4.69) is 9.17 Å². The van der Waals surface area contributed by atoms with Gasteiger partial charge in [0, 0.05) is 18.3 Å². The third kappa shape index (κ3) is 5.08. The lowest BCUT2D eigenvalue weighted by molar-refractivity contribution is -0.134. The smallest absolute Gasteiger partial charge is 0.325 e. The molecule has 0 saturated heterocycles. The first-order chi connectivity index (χ1) is 6.97. The van der Waals surface area contributed by atoms with E-state index in [9.17, 15) is 13.2 Å². The molecule has 1 heterocycles. The molecule has 0 aliphatic heterocycles. The van der Waals surface area contributed by atoms with E-state index < -0.39 is 16.4 Å². The first kappa shape index (κ1) is 11.6. The topological polar surface area (TPSA) is 93.6 Å². The first-order valence-corrected chi connectivity index (χ1v) is 5.43. The highest BCUT2D eigenvalue weighted by Gasteiger charge is 2.12. The van der Waals surface area contributed by atoms with Crippen LogP contribution in [0, 0.1) is 0 Å². The Balaban J connectivity index is 2.42. The summed E-state index contributed by atoms with van der Waals surface area (Å²) in [5.41, 5.74) is 0.643. The van der Waals surface area contributed by atoms with E-state index in [4.69, 9.17) is 4.55 Å². The minimum Gasteiger partial charge on any atom is -0.325 e. The number of aryl methyl sites for hydroxylation is 1. The van der Waals surface area contributed by atoms with E-state index in [1.807, 2.05) is 0 Å². The quantitative estimate of drug-likeness (QED) is 0.752. The van der Waals surface area contributed by atoms with Crippen molar-refractivity contribution in [1.82, 2.24) is 4.98 Å². The number of rotatable bonds is 4. The maximum Gasteiger partial charge on any atom is 0.448 e. The van der Waals surface area contributed by atoms with E-state index >= 15 is 0 Å². The van der Waals surface area contributed by atoms with Gasteiger partial charge < -0.3 is 4.18 Å². The summed E-state index contributed by atoms with van der Waals surface area (Å²) >= 11 is 0. The van der Waals surface area contributed by atoms with Crippen molar-refractivity contribution < 1.29 is 21.9 Å². The Bertz CT molecular complexity index is 428. The van der Waals surface area contributed by atoms with Crippen LogP contribution in [0.3, 0.4) is 0 Å². The average Bonchev–Trinajstić information content (AvgIpc) is 2.14. The Morgan fingerprint density at radius 2 is 2.20 bits per heavy atom. The third-order valence-corrected chi connectivity index (χ3v) is 1.91. The summed E-state index contributed by atoms with van der Waals surface area (Å²) in [4.78, 5) is 14.8. The zero-order chi connectivity index (χ0) is 11.3. The van der Waals surface area contributed by atoms with Gasteiger partial charge >= 0.3 is 16.4 Å². The van der Waals surface area contributed by atoms with Crippen LogP contribution in [0.2, 0.25) is 0 Å². The van der Waals surface area contributed by atoms with Crippen molar-refractivity contribution in [3.05, 3.63) is 30.1 Å². The van der Waals surface area contributed by atoms with Crippen LogP contribution in [0.4, 0.5) is 0 Å². The molecule has 1 aromatic heterocycles. The van der Waals surface area contributed by atoms with Crippen LogP contribution < -0.4 is 0 Å². The lowest BCUT2D eigenvalue weighted by Crippen LogP contribution is -2.12. The lowest BCUT2D eigenvalue weighted by Gasteiger charge is -1.99. The zero-order valence-electron chi connectivity index (χ0n) is 7.66. The standard InChI is InChI=1S/C8H9NO5S/c10-8(14-15(11,12)13)5-4-7-3-1-2-6-9-7/h1-3,6H,4-5H2,(H,11,12,13). The number of aromatic nitrogens is 1. The van der Waals surface area contributed by atoms with Crippen molar-refractivity contribution >= 4 is 16.4 Å². The molecule has 0 unspecified atom stereocenters. The van der Waals surface area contributed by atoms with Crippen molar-refractivity contribution in [2.24, 2.45) is 0 Å². The van der Waals surface area contributed by atoms with E-state index in [0.29, 0.717) is 5.69 Å². The van der Waals surface area contributed by atoms with Crippen molar-refractivity contribution in [3.8, 4) is 0 Å². The molecule has 1 aromatic rings. The molecule has 0 aliphatic rings. The molecule has 0 saturated carbocycles. The van der Waals surface area contributed by atoms with E-state index in [1.165, 1.54) is 0 Å². The Morgan fingerprint density at radius 1 is 1.47 bits per heavy atom. The van der Waals surface area contributed by atoms with Crippen LogP contribution in [0.25, 0.3) is 0 Å². The van der Waals surface area contributed by atoms with Crippen molar-refractivity contribution in [2.45, 2.75) is 12.8 Å². The maximum atomic E-state index is 10.8. The first-order valence-electron chi connectivity index (χ1n) is 4.07. The Kier molecular flexibility index (Phi) is 3.75. The summed E-state index contributed by atoms with van der Waals surface area (Å²) in [7, 11) is -4.70. The molecule has 0 radical (unpaired) electrons. The van der Waals surface area contributed by atoms with E-state index in [0.717, 1.165) is 0 Å². The van der Waals surface area contributed by atoms with Crippen LogP contribution in [0.1, 0.15) is 12.1 Å². The molecular weight excluding hydrogens is 222 g/mol. The molecule has 0 atom stereocenters. The Labute approximate surface area is 86.9 Å². The van der Waals surface area contributed by atoms with Crippen molar-refractivity contribution in [2.75, 3.05) is 0 Å². The highest BCUT2D eigenvalue weighted by molar-refractivity contribution is 7.81. The van der Waals surface area contributed by atoms with Crippen LogP contribution in [0.5, 0.6) is 0 Å². The molecule has 0 amide bonds. The number of hydrogen-bond donors (Lipinski definition) is 1. The van der Waals surface area contributed by atoms with Gasteiger partial charge in [-0.05, 0) is 12.1 Å². The van der Waals surface area contributed by atoms with Gasteiger partial charge in [0.1, 0.15) is 0 Å². The summed E-state index contributed by atoms with van der Waals surface area (Å²) in [6.45, 7) is 0. The van der Waals surface area contributed by atoms with Gasteiger partial charge in [-0.15, -0.1) is 0 Å². The molecule has 0 bridgehead atoms. The number of nitrogens with zero attached hydrogens (tertiary/aromatic N) is 1. The SMILES string of the molecule is O=C(CCc1ccccn1)OS(=O)(=O)O. The summed E-state index contributed by atoms with van der Waals surface area (Å²) in [6, 6.07) is 5.16. The van der Waals surface area contributed by atoms with Gasteiger partial charge in [-0.1, -0.05) is 6.07 Å². The Hall–Kier alpha value is -1.47. The van der Waals surface area contributed by atoms with Gasteiger partial charge in [-0.25, -0.2) is 0 Å². The molecular formula is C8H9NO5S. The molecule has 1 N–H and O–H groups in total. The molecule has 82 valence electrons. The fraction of sp³-hybridized carbons (Fsp3) is 0.250. The van der Waals surface area contributed by atoms with Gasteiger partial charge in [-0.2, -0.15) is 8.42 Å². The molecule has 0 aromatic carbocycles. The van der Waals surface area contributed by atoms with Crippen molar-refractivity contribution in [1.29, 1.82) is 0 Å². The predicted octanol–water partition coefficient (Wildman–Crippen LogP) is 0.360. The zero-order valence-corrected chi connectivity index (χ0v) is 8.48.